The summed E-state index contributed by atoms with van der Waals surface area (Å²) in [6.07, 6.45) is 7.04. The van der Waals surface area contributed by atoms with Gasteiger partial charge in [0.05, 0.1) is 5.92 Å². The van der Waals surface area contributed by atoms with E-state index in [1.54, 1.807) is 11.4 Å². The molecule has 0 amide bonds. The molecule has 76 valence electrons. The van der Waals surface area contributed by atoms with Crippen molar-refractivity contribution in [2.45, 2.75) is 46.0 Å². The van der Waals surface area contributed by atoms with E-state index in [0.717, 1.165) is 11.8 Å². The Hall–Kier alpha value is -0.590. The van der Waals surface area contributed by atoms with Gasteiger partial charge in [0.2, 0.25) is 0 Å². The van der Waals surface area contributed by atoms with Crippen molar-refractivity contribution in [1.29, 1.82) is 0 Å². The van der Waals surface area contributed by atoms with Gasteiger partial charge >= 0.3 is 0 Å². The molecular formula is C13H20N+. The molecule has 1 saturated carbocycles. The molecule has 0 aromatic heterocycles. The summed E-state index contributed by atoms with van der Waals surface area (Å²) < 4.78 is 2.67. The van der Waals surface area contributed by atoms with Crippen LogP contribution in [-0.4, -0.2) is 16.8 Å². The minimum Gasteiger partial charge on any atom is -0.203 e. The van der Waals surface area contributed by atoms with E-state index >= 15 is 0 Å². The number of allylic oxidation sites excluding steroid dienone is 2. The number of nitrogens with zero attached hydrogens (tertiary/aromatic N) is 1. The lowest BCUT2D eigenvalue weighted by molar-refractivity contribution is -0.473. The Labute approximate surface area is 86.5 Å². The van der Waals surface area contributed by atoms with Gasteiger partial charge in [0.25, 0.3) is 0 Å². The largest absolute Gasteiger partial charge is 0.203 e. The van der Waals surface area contributed by atoms with Crippen LogP contribution in [0.1, 0.15) is 46.0 Å². The van der Waals surface area contributed by atoms with E-state index in [0.29, 0.717) is 0 Å². The molecule has 1 unspecified atom stereocenters. The molecule has 0 spiro atoms. The fraction of sp³-hybridized carbons (Fsp3) is 0.769. The fourth-order valence-electron chi connectivity index (χ4n) is 3.71. The third kappa shape index (κ3) is 0.986. The Morgan fingerprint density at radius 3 is 2.86 bits per heavy atom. The van der Waals surface area contributed by atoms with Crippen LogP contribution in [0.3, 0.4) is 0 Å². The van der Waals surface area contributed by atoms with Crippen molar-refractivity contribution in [2.75, 3.05) is 6.54 Å². The first-order chi connectivity index (χ1) is 6.79. The SMILES string of the molecule is CC(C)C1=C2CCCC2C2=[N+]1CCC2. The van der Waals surface area contributed by atoms with Gasteiger partial charge < -0.3 is 0 Å². The Morgan fingerprint density at radius 2 is 2.07 bits per heavy atom. The second-order valence-corrected chi connectivity index (χ2v) is 5.26. The Morgan fingerprint density at radius 1 is 1.21 bits per heavy atom. The molecule has 2 aliphatic heterocycles. The van der Waals surface area contributed by atoms with Crippen molar-refractivity contribution in [3.8, 4) is 0 Å². The molecule has 0 N–H and O–H groups in total. The predicted molar refractivity (Wildman–Crippen MR) is 58.6 cm³/mol. The highest BCUT2D eigenvalue weighted by molar-refractivity contribution is 5.88. The smallest absolute Gasteiger partial charge is 0.183 e. The summed E-state index contributed by atoms with van der Waals surface area (Å²) in [5.41, 5.74) is 5.30. The zero-order chi connectivity index (χ0) is 9.71. The van der Waals surface area contributed by atoms with Crippen molar-refractivity contribution in [1.82, 2.24) is 0 Å². The third-order valence-corrected chi connectivity index (χ3v) is 4.09. The highest BCUT2D eigenvalue weighted by Gasteiger charge is 2.46. The summed E-state index contributed by atoms with van der Waals surface area (Å²) >= 11 is 0. The molecule has 14 heavy (non-hydrogen) atoms. The van der Waals surface area contributed by atoms with Gasteiger partial charge in [-0.3, -0.25) is 0 Å². The van der Waals surface area contributed by atoms with Crippen LogP contribution in [0.15, 0.2) is 11.3 Å². The van der Waals surface area contributed by atoms with E-state index in [1.807, 2.05) is 5.57 Å². The first-order valence-electron chi connectivity index (χ1n) is 6.15. The van der Waals surface area contributed by atoms with Gasteiger partial charge in [-0.1, -0.05) is 13.8 Å². The van der Waals surface area contributed by atoms with Crippen LogP contribution in [0.4, 0.5) is 0 Å². The molecule has 1 aliphatic carbocycles. The van der Waals surface area contributed by atoms with Crippen LogP contribution in [0.2, 0.25) is 0 Å². The second-order valence-electron chi connectivity index (χ2n) is 5.26. The van der Waals surface area contributed by atoms with Crippen LogP contribution >= 0.6 is 0 Å². The Bertz CT molecular complexity index is 333. The first kappa shape index (κ1) is 8.70. The van der Waals surface area contributed by atoms with Crippen molar-refractivity contribution < 1.29 is 4.58 Å². The lowest BCUT2D eigenvalue weighted by atomic mass is 9.94. The Kier molecular flexibility index (Phi) is 1.83. The fourth-order valence-corrected chi connectivity index (χ4v) is 3.71. The molecule has 0 saturated heterocycles. The third-order valence-electron chi connectivity index (χ3n) is 4.09. The maximum absolute atomic E-state index is 2.67. The summed E-state index contributed by atoms with van der Waals surface area (Å²) in [4.78, 5) is 0. The van der Waals surface area contributed by atoms with E-state index in [1.165, 1.54) is 38.6 Å². The summed E-state index contributed by atoms with van der Waals surface area (Å²) in [6, 6.07) is 0. The zero-order valence-electron chi connectivity index (χ0n) is 9.34. The molecule has 2 heterocycles. The van der Waals surface area contributed by atoms with Crippen molar-refractivity contribution in [3.05, 3.63) is 11.3 Å². The van der Waals surface area contributed by atoms with E-state index in [4.69, 9.17) is 0 Å². The first-order valence-corrected chi connectivity index (χ1v) is 6.15. The summed E-state index contributed by atoms with van der Waals surface area (Å²) in [5.74, 6) is 1.62. The van der Waals surface area contributed by atoms with Gasteiger partial charge in [0.15, 0.2) is 11.4 Å². The monoisotopic (exact) mass is 190 g/mol. The molecule has 1 atom stereocenters. The van der Waals surface area contributed by atoms with Gasteiger partial charge in [0.1, 0.15) is 6.54 Å². The lowest BCUT2D eigenvalue weighted by Crippen LogP contribution is -2.15. The molecule has 0 radical (unpaired) electrons. The zero-order valence-corrected chi connectivity index (χ0v) is 9.34. The normalized spacial score (nSPS) is 30.6. The molecule has 1 fully saturated rings. The number of rotatable bonds is 1. The number of fused-ring (bicyclic) bond motifs is 2. The lowest BCUT2D eigenvalue weighted by Gasteiger charge is -2.06. The molecule has 1 heteroatoms. The van der Waals surface area contributed by atoms with Crippen molar-refractivity contribution >= 4 is 5.71 Å². The van der Waals surface area contributed by atoms with Gasteiger partial charge in [0, 0.05) is 24.3 Å². The van der Waals surface area contributed by atoms with Gasteiger partial charge in [-0.25, -0.2) is 4.58 Å². The molecular weight excluding hydrogens is 170 g/mol. The highest BCUT2D eigenvalue weighted by Crippen LogP contribution is 2.43. The summed E-state index contributed by atoms with van der Waals surface area (Å²) in [5, 5.41) is 0. The average molecular weight is 190 g/mol. The van der Waals surface area contributed by atoms with Gasteiger partial charge in [-0.05, 0) is 19.3 Å². The Balaban J connectivity index is 2.08. The van der Waals surface area contributed by atoms with E-state index in [9.17, 15) is 0 Å². The molecule has 3 aliphatic rings. The number of hydrogen-bond donors (Lipinski definition) is 0. The molecule has 3 rings (SSSR count). The molecule has 0 aromatic carbocycles. The van der Waals surface area contributed by atoms with Crippen molar-refractivity contribution in [3.63, 3.8) is 0 Å². The van der Waals surface area contributed by atoms with Gasteiger partial charge in [-0.2, -0.15) is 0 Å². The maximum atomic E-state index is 2.67. The average Bonchev–Trinajstić information content (AvgIpc) is 2.70. The molecule has 0 aromatic rings. The van der Waals surface area contributed by atoms with Crippen LogP contribution in [0, 0.1) is 11.8 Å². The predicted octanol–water partition coefficient (Wildman–Crippen LogP) is 2.96. The van der Waals surface area contributed by atoms with E-state index < -0.39 is 0 Å². The van der Waals surface area contributed by atoms with Crippen LogP contribution < -0.4 is 0 Å². The summed E-state index contributed by atoms with van der Waals surface area (Å²) in [6.45, 7) is 6.03. The second kappa shape index (κ2) is 2.95. The van der Waals surface area contributed by atoms with Crippen LogP contribution in [0.5, 0.6) is 0 Å². The minimum atomic E-state index is 0.737. The van der Waals surface area contributed by atoms with Crippen LogP contribution in [-0.2, 0) is 0 Å². The molecule has 1 nitrogen and oxygen atoms in total. The van der Waals surface area contributed by atoms with E-state index in [-0.39, 0.29) is 0 Å². The standard InChI is InChI=1S/C13H20N/c1-9(2)13-11-6-3-5-10(11)12-7-4-8-14(12)13/h9-10H,3-8H2,1-2H3/q+1. The van der Waals surface area contributed by atoms with Gasteiger partial charge in [-0.15, -0.1) is 0 Å². The molecule has 0 bridgehead atoms. The quantitative estimate of drug-likeness (QED) is 0.559. The maximum Gasteiger partial charge on any atom is 0.183 e. The summed E-state index contributed by atoms with van der Waals surface area (Å²) in [7, 11) is 0. The van der Waals surface area contributed by atoms with Crippen molar-refractivity contribution in [2.24, 2.45) is 11.8 Å². The highest BCUT2D eigenvalue weighted by atomic mass is 15.1. The van der Waals surface area contributed by atoms with Crippen LogP contribution in [0.25, 0.3) is 0 Å². The topological polar surface area (TPSA) is 3.01 Å². The minimum absolute atomic E-state index is 0.737. The van der Waals surface area contributed by atoms with E-state index in [2.05, 4.69) is 18.4 Å². The number of hydrogen-bond acceptors (Lipinski definition) is 0.